The zero-order valence-electron chi connectivity index (χ0n) is 21.8. The van der Waals surface area contributed by atoms with Gasteiger partial charge in [-0.1, -0.05) is 75.5 Å². The Morgan fingerprint density at radius 1 is 0.951 bits per heavy atom. The first-order chi connectivity index (χ1) is 19.8. The van der Waals surface area contributed by atoms with E-state index in [1.807, 2.05) is 36.4 Å². The Labute approximate surface area is 254 Å². The SMILES string of the molecule is COc1ccccc1NC(=O)CNn1c(Cc2ccccc2Nc2c(Cl)cccc2Cl)nc2ccc(Br)cc2c1=O. The zero-order chi connectivity index (χ0) is 28.9. The van der Waals surface area contributed by atoms with E-state index in [1.54, 1.807) is 48.5 Å². The van der Waals surface area contributed by atoms with E-state index < -0.39 is 0 Å². The monoisotopic (exact) mass is 651 g/mol. The van der Waals surface area contributed by atoms with Crippen molar-refractivity contribution in [2.24, 2.45) is 0 Å². The summed E-state index contributed by atoms with van der Waals surface area (Å²) in [6, 6.07) is 25.2. The summed E-state index contributed by atoms with van der Waals surface area (Å²) in [5.74, 6) is 0.574. The molecule has 0 aliphatic carbocycles. The molecule has 5 aromatic rings. The quantitative estimate of drug-likeness (QED) is 0.159. The number of fused-ring (bicyclic) bond motifs is 1. The van der Waals surface area contributed by atoms with Crippen molar-refractivity contribution in [3.8, 4) is 5.75 Å². The predicted octanol–water partition coefficient (Wildman–Crippen LogP) is 6.99. The lowest BCUT2D eigenvalue weighted by Gasteiger charge is -2.18. The van der Waals surface area contributed by atoms with Gasteiger partial charge in [-0.3, -0.25) is 9.59 Å². The zero-order valence-corrected chi connectivity index (χ0v) is 24.8. The highest BCUT2D eigenvalue weighted by molar-refractivity contribution is 9.10. The Hall–Kier alpha value is -4.05. The maximum absolute atomic E-state index is 13.7. The lowest BCUT2D eigenvalue weighted by molar-refractivity contribution is -0.114. The van der Waals surface area contributed by atoms with Crippen LogP contribution in [0.15, 0.2) is 94.2 Å². The van der Waals surface area contributed by atoms with Gasteiger partial charge in [-0.15, -0.1) is 0 Å². The third-order valence-electron chi connectivity index (χ3n) is 6.27. The molecule has 0 aliphatic heterocycles. The lowest BCUT2D eigenvalue weighted by Crippen LogP contribution is -2.37. The third-order valence-corrected chi connectivity index (χ3v) is 7.39. The Morgan fingerprint density at radius 2 is 1.66 bits per heavy atom. The van der Waals surface area contributed by atoms with Gasteiger partial charge in [-0.2, -0.15) is 0 Å². The number of anilines is 3. The van der Waals surface area contributed by atoms with Gasteiger partial charge in [0, 0.05) is 16.6 Å². The van der Waals surface area contributed by atoms with E-state index in [0.29, 0.717) is 43.9 Å². The largest absolute Gasteiger partial charge is 0.495 e. The summed E-state index contributed by atoms with van der Waals surface area (Å²) in [6.07, 6.45) is 0.258. The van der Waals surface area contributed by atoms with Crippen LogP contribution in [0.2, 0.25) is 10.0 Å². The van der Waals surface area contributed by atoms with Gasteiger partial charge in [-0.25, -0.2) is 9.66 Å². The second kappa shape index (κ2) is 12.6. The molecule has 0 saturated carbocycles. The highest BCUT2D eigenvalue weighted by Gasteiger charge is 2.16. The van der Waals surface area contributed by atoms with Crippen LogP contribution in [0.5, 0.6) is 5.75 Å². The average molecular weight is 653 g/mol. The lowest BCUT2D eigenvalue weighted by atomic mass is 10.1. The highest BCUT2D eigenvalue weighted by Crippen LogP contribution is 2.34. The minimum absolute atomic E-state index is 0.193. The van der Waals surface area contributed by atoms with Crippen LogP contribution >= 0.6 is 39.1 Å². The first-order valence-electron chi connectivity index (χ1n) is 12.5. The highest BCUT2D eigenvalue weighted by atomic mass is 79.9. The predicted molar refractivity (Wildman–Crippen MR) is 169 cm³/mol. The van der Waals surface area contributed by atoms with Gasteiger partial charge < -0.3 is 20.8 Å². The number of ether oxygens (including phenoxy) is 1. The minimum atomic E-state index is -0.364. The molecule has 0 radical (unpaired) electrons. The van der Waals surface area contributed by atoms with Crippen LogP contribution < -0.4 is 26.4 Å². The summed E-state index contributed by atoms with van der Waals surface area (Å²) < 4.78 is 7.37. The number of nitrogens with zero attached hydrogens (tertiary/aromatic N) is 2. The van der Waals surface area contributed by atoms with Crippen molar-refractivity contribution in [1.82, 2.24) is 9.66 Å². The number of carbonyl (C=O) groups excluding carboxylic acids is 1. The van der Waals surface area contributed by atoms with Crippen LogP contribution in [0, 0.1) is 0 Å². The molecule has 1 aromatic heterocycles. The van der Waals surface area contributed by atoms with Crippen LogP contribution in [-0.4, -0.2) is 29.2 Å². The van der Waals surface area contributed by atoms with Gasteiger partial charge in [0.15, 0.2) is 0 Å². The summed E-state index contributed by atoms with van der Waals surface area (Å²) in [5, 5.41) is 7.47. The summed E-state index contributed by atoms with van der Waals surface area (Å²) in [7, 11) is 1.53. The van der Waals surface area contributed by atoms with Crippen molar-refractivity contribution >= 4 is 73.0 Å². The van der Waals surface area contributed by atoms with Crippen molar-refractivity contribution in [2.75, 3.05) is 29.7 Å². The van der Waals surface area contributed by atoms with Crippen LogP contribution in [0.1, 0.15) is 11.4 Å². The standard InChI is InChI=1S/C30H24BrCl2N5O3/c1-41-26-12-5-4-11-25(26)36-28(39)17-34-38-27(35-24-14-13-19(31)16-20(24)30(38)40)15-18-7-2-3-10-23(18)37-29-21(32)8-6-9-22(29)33/h2-14,16,34,37H,15,17H2,1H3,(H,36,39). The molecule has 1 heterocycles. The summed E-state index contributed by atoms with van der Waals surface area (Å²) in [4.78, 5) is 31.3. The number of methoxy groups -OCH3 is 1. The van der Waals surface area contributed by atoms with Gasteiger partial charge >= 0.3 is 0 Å². The van der Waals surface area contributed by atoms with Crippen LogP contribution in [-0.2, 0) is 11.2 Å². The fourth-order valence-electron chi connectivity index (χ4n) is 4.30. The molecule has 0 bridgehead atoms. The smallest absolute Gasteiger partial charge is 0.280 e. The minimum Gasteiger partial charge on any atom is -0.495 e. The molecule has 0 unspecified atom stereocenters. The first kappa shape index (κ1) is 28.5. The second-order valence-corrected chi connectivity index (χ2v) is 10.7. The number of rotatable bonds is 9. The van der Waals surface area contributed by atoms with Gasteiger partial charge in [-0.05, 0) is 54.1 Å². The van der Waals surface area contributed by atoms with Gasteiger partial charge in [0.2, 0.25) is 5.91 Å². The molecule has 3 N–H and O–H groups in total. The molecule has 8 nitrogen and oxygen atoms in total. The number of amides is 1. The molecule has 1 amide bonds. The third kappa shape index (κ3) is 6.48. The molecule has 4 aromatic carbocycles. The molecule has 5 rings (SSSR count). The fraction of sp³-hybridized carbons (Fsp3) is 0.100. The molecule has 0 spiro atoms. The molecule has 0 aliphatic rings. The summed E-state index contributed by atoms with van der Waals surface area (Å²) in [6.45, 7) is -0.193. The van der Waals surface area contributed by atoms with Gasteiger partial charge in [0.05, 0.1) is 39.4 Å². The van der Waals surface area contributed by atoms with E-state index in [0.717, 1.165) is 15.7 Å². The van der Waals surface area contributed by atoms with Crippen molar-refractivity contribution in [1.29, 1.82) is 0 Å². The fourth-order valence-corrected chi connectivity index (χ4v) is 5.15. The van der Waals surface area contributed by atoms with Gasteiger partial charge in [0.25, 0.3) is 5.56 Å². The van der Waals surface area contributed by atoms with Crippen LogP contribution in [0.4, 0.5) is 17.1 Å². The molecule has 0 atom stereocenters. The van der Waals surface area contributed by atoms with Crippen molar-refractivity contribution in [3.63, 3.8) is 0 Å². The number of carbonyl (C=O) groups is 1. The topological polar surface area (TPSA) is 97.3 Å². The Morgan fingerprint density at radius 3 is 2.41 bits per heavy atom. The Balaban J connectivity index is 1.48. The summed E-state index contributed by atoms with van der Waals surface area (Å²) >= 11 is 16.2. The van der Waals surface area contributed by atoms with Gasteiger partial charge in [0.1, 0.15) is 18.1 Å². The number of hydrogen-bond acceptors (Lipinski definition) is 6. The second-order valence-electron chi connectivity index (χ2n) is 8.97. The van der Waals surface area contributed by atoms with E-state index in [-0.39, 0.29) is 24.4 Å². The van der Waals surface area contributed by atoms with Crippen molar-refractivity contribution in [3.05, 3.63) is 121 Å². The van der Waals surface area contributed by atoms with Crippen LogP contribution in [0.3, 0.4) is 0 Å². The molecule has 41 heavy (non-hydrogen) atoms. The summed E-state index contributed by atoms with van der Waals surface area (Å²) in [5.41, 5.74) is 5.84. The number of para-hydroxylation sites is 4. The van der Waals surface area contributed by atoms with E-state index in [9.17, 15) is 9.59 Å². The Kier molecular flexibility index (Phi) is 8.78. The average Bonchev–Trinajstić information content (AvgIpc) is 2.96. The number of halogens is 3. The molecular weight excluding hydrogens is 629 g/mol. The van der Waals surface area contributed by atoms with Crippen molar-refractivity contribution in [2.45, 2.75) is 6.42 Å². The number of hydrogen-bond donors (Lipinski definition) is 3. The van der Waals surface area contributed by atoms with Crippen LogP contribution in [0.25, 0.3) is 10.9 Å². The molecule has 0 saturated heterocycles. The number of nitrogens with one attached hydrogen (secondary N) is 3. The molecule has 0 fully saturated rings. The van der Waals surface area contributed by atoms with E-state index in [1.165, 1.54) is 11.8 Å². The van der Waals surface area contributed by atoms with E-state index in [2.05, 4.69) is 32.0 Å². The van der Waals surface area contributed by atoms with Crippen molar-refractivity contribution < 1.29 is 9.53 Å². The maximum atomic E-state index is 13.7. The Bertz CT molecular complexity index is 1790. The normalized spacial score (nSPS) is 10.8. The molecular formula is C30H24BrCl2N5O3. The number of aromatic nitrogens is 2. The molecule has 11 heteroatoms. The number of benzene rings is 4. The van der Waals surface area contributed by atoms with E-state index >= 15 is 0 Å². The first-order valence-corrected chi connectivity index (χ1v) is 14.1. The maximum Gasteiger partial charge on any atom is 0.280 e. The van der Waals surface area contributed by atoms with E-state index in [4.69, 9.17) is 32.9 Å². The molecule has 208 valence electrons.